The number of esters is 1. The van der Waals surface area contributed by atoms with Crippen molar-refractivity contribution in [3.05, 3.63) is 72.3 Å². The van der Waals surface area contributed by atoms with E-state index in [-0.39, 0.29) is 0 Å². The van der Waals surface area contributed by atoms with Crippen LogP contribution in [0, 0.1) is 16.7 Å². The number of hydrogen-bond acceptors (Lipinski definition) is 3. The molecular weight excluding hydrogens is 334 g/mol. The van der Waals surface area contributed by atoms with Gasteiger partial charge in [-0.15, -0.1) is 0 Å². The maximum atomic E-state index is 12.8. The van der Waals surface area contributed by atoms with Crippen molar-refractivity contribution >= 4 is 11.5 Å². The van der Waals surface area contributed by atoms with E-state index < -0.39 is 11.4 Å². The molecule has 3 nitrogen and oxygen atoms in total. The van der Waals surface area contributed by atoms with E-state index in [1.54, 1.807) is 12.1 Å². The fourth-order valence-corrected chi connectivity index (χ4v) is 3.00. The summed E-state index contributed by atoms with van der Waals surface area (Å²) in [5, 5.41) is 9.76. The van der Waals surface area contributed by atoms with E-state index >= 15 is 0 Å². The molecule has 0 aromatic heterocycles. The highest BCUT2D eigenvalue weighted by Gasteiger charge is 2.27. The largest absolute Gasteiger partial charge is 0.423 e. The van der Waals surface area contributed by atoms with Crippen molar-refractivity contribution in [3.63, 3.8) is 0 Å². The summed E-state index contributed by atoms with van der Waals surface area (Å²) in [4.78, 5) is 12.8. The van der Waals surface area contributed by atoms with Crippen molar-refractivity contribution in [2.24, 2.45) is 5.41 Å². The number of para-hydroxylation sites is 1. The van der Waals surface area contributed by atoms with Gasteiger partial charge in [0, 0.05) is 0 Å². The van der Waals surface area contributed by atoms with Crippen molar-refractivity contribution in [2.45, 2.75) is 46.0 Å². The standard InChI is InChI=1S/C24H27NO2/c1-3-5-17-24(4-2,19-25)18-16-22(20-12-8-6-9-13-20)23(26)27-21-14-10-7-11-15-21/h6-16H,3-5,17-18H2,1-2H3. The van der Waals surface area contributed by atoms with Crippen molar-refractivity contribution in [2.75, 3.05) is 0 Å². The normalized spacial score (nSPS) is 13.4. The molecular formula is C24H27NO2. The first kappa shape index (κ1) is 20.5. The van der Waals surface area contributed by atoms with Crippen LogP contribution in [0.25, 0.3) is 5.57 Å². The van der Waals surface area contributed by atoms with Crippen molar-refractivity contribution in [3.8, 4) is 11.8 Å². The molecule has 0 bridgehead atoms. The number of unbranched alkanes of at least 4 members (excludes halogenated alkanes) is 1. The van der Waals surface area contributed by atoms with Crippen LogP contribution in [0.1, 0.15) is 51.5 Å². The number of benzene rings is 2. The monoisotopic (exact) mass is 361 g/mol. The van der Waals surface area contributed by atoms with Gasteiger partial charge in [0.1, 0.15) is 5.75 Å². The highest BCUT2D eigenvalue weighted by atomic mass is 16.5. The zero-order valence-corrected chi connectivity index (χ0v) is 16.2. The summed E-state index contributed by atoms with van der Waals surface area (Å²) in [5.74, 6) is 0.114. The van der Waals surface area contributed by atoms with Crippen LogP contribution in [0.3, 0.4) is 0 Å². The quantitative estimate of drug-likeness (QED) is 0.304. The second-order valence-corrected chi connectivity index (χ2v) is 6.74. The fraction of sp³-hybridized carbons (Fsp3) is 0.333. The average Bonchev–Trinajstić information content (AvgIpc) is 2.72. The SMILES string of the molecule is CCCCC(C#N)(CC)CC=C(C(=O)Oc1ccccc1)c1ccccc1. The third-order valence-electron chi connectivity index (χ3n) is 4.88. The molecule has 0 amide bonds. The van der Waals surface area contributed by atoms with Gasteiger partial charge in [-0.3, -0.25) is 0 Å². The van der Waals surface area contributed by atoms with E-state index in [1.807, 2.05) is 61.5 Å². The molecule has 1 unspecified atom stereocenters. The molecule has 0 N–H and O–H groups in total. The lowest BCUT2D eigenvalue weighted by atomic mass is 9.78. The predicted molar refractivity (Wildman–Crippen MR) is 109 cm³/mol. The summed E-state index contributed by atoms with van der Waals surface area (Å²) in [6.07, 6.45) is 6.06. The molecule has 2 rings (SSSR count). The molecule has 0 aliphatic carbocycles. The van der Waals surface area contributed by atoms with Gasteiger partial charge in [-0.05, 0) is 37.0 Å². The molecule has 2 aromatic carbocycles. The minimum Gasteiger partial charge on any atom is -0.423 e. The van der Waals surface area contributed by atoms with Gasteiger partial charge in [0.25, 0.3) is 0 Å². The molecule has 0 aliphatic rings. The predicted octanol–water partition coefficient (Wildman–Crippen LogP) is 6.18. The third-order valence-corrected chi connectivity index (χ3v) is 4.88. The number of hydrogen-bond donors (Lipinski definition) is 0. The molecule has 0 saturated heterocycles. The van der Waals surface area contributed by atoms with Gasteiger partial charge in [-0.2, -0.15) is 5.26 Å². The van der Waals surface area contributed by atoms with Gasteiger partial charge in [-0.25, -0.2) is 4.79 Å². The van der Waals surface area contributed by atoms with E-state index in [2.05, 4.69) is 13.0 Å². The van der Waals surface area contributed by atoms with Crippen LogP contribution >= 0.6 is 0 Å². The Morgan fingerprint density at radius 1 is 1.07 bits per heavy atom. The second-order valence-electron chi connectivity index (χ2n) is 6.74. The van der Waals surface area contributed by atoms with Gasteiger partial charge in [0.15, 0.2) is 0 Å². The molecule has 0 heterocycles. The summed E-state index contributed by atoms with van der Waals surface area (Å²) < 4.78 is 5.55. The molecule has 0 saturated carbocycles. The molecule has 0 aliphatic heterocycles. The van der Waals surface area contributed by atoms with Crippen LogP contribution in [0.5, 0.6) is 5.75 Å². The smallest absolute Gasteiger partial charge is 0.343 e. The van der Waals surface area contributed by atoms with E-state index in [9.17, 15) is 10.1 Å². The van der Waals surface area contributed by atoms with Crippen LogP contribution in [0.2, 0.25) is 0 Å². The molecule has 27 heavy (non-hydrogen) atoms. The van der Waals surface area contributed by atoms with Crippen LogP contribution < -0.4 is 4.74 Å². The molecule has 0 spiro atoms. The summed E-state index contributed by atoms with van der Waals surface area (Å²) in [5.41, 5.74) is 0.865. The van der Waals surface area contributed by atoms with E-state index in [1.165, 1.54) is 0 Å². The van der Waals surface area contributed by atoms with E-state index in [4.69, 9.17) is 4.74 Å². The molecule has 3 heteroatoms. The van der Waals surface area contributed by atoms with E-state index in [0.29, 0.717) is 17.7 Å². The number of nitriles is 1. The van der Waals surface area contributed by atoms with Crippen LogP contribution in [-0.4, -0.2) is 5.97 Å². The van der Waals surface area contributed by atoms with Gasteiger partial charge in [0.05, 0.1) is 17.1 Å². The van der Waals surface area contributed by atoms with Gasteiger partial charge < -0.3 is 4.74 Å². The van der Waals surface area contributed by atoms with Gasteiger partial charge in [0.2, 0.25) is 0 Å². The minimum absolute atomic E-state index is 0.397. The Balaban J connectivity index is 2.30. The molecule has 1 atom stereocenters. The Morgan fingerprint density at radius 3 is 2.26 bits per heavy atom. The van der Waals surface area contributed by atoms with Crippen molar-refractivity contribution < 1.29 is 9.53 Å². The number of nitrogens with zero attached hydrogens (tertiary/aromatic N) is 1. The number of allylic oxidation sites excluding steroid dienone is 1. The van der Waals surface area contributed by atoms with Gasteiger partial charge in [-0.1, -0.05) is 81.3 Å². The van der Waals surface area contributed by atoms with Crippen molar-refractivity contribution in [1.82, 2.24) is 0 Å². The maximum Gasteiger partial charge on any atom is 0.343 e. The first-order valence-electron chi connectivity index (χ1n) is 9.58. The topological polar surface area (TPSA) is 50.1 Å². The molecule has 0 fully saturated rings. The highest BCUT2D eigenvalue weighted by Crippen LogP contribution is 2.34. The lowest BCUT2D eigenvalue weighted by Crippen LogP contribution is -2.18. The number of carbonyl (C=O) groups is 1. The third kappa shape index (κ3) is 5.82. The zero-order valence-electron chi connectivity index (χ0n) is 16.2. The number of rotatable bonds is 9. The Hall–Kier alpha value is -2.86. The molecule has 140 valence electrons. The number of carbonyl (C=O) groups excluding carboxylic acids is 1. The minimum atomic E-state index is -0.441. The second kappa shape index (κ2) is 10.3. The molecule has 0 radical (unpaired) electrons. The first-order valence-corrected chi connectivity index (χ1v) is 9.58. The van der Waals surface area contributed by atoms with Crippen LogP contribution in [0.15, 0.2) is 66.7 Å². The lowest BCUT2D eigenvalue weighted by Gasteiger charge is -2.23. The maximum absolute atomic E-state index is 12.8. The summed E-state index contributed by atoms with van der Waals surface area (Å²) in [6, 6.07) is 21.0. The van der Waals surface area contributed by atoms with Crippen LogP contribution in [0.4, 0.5) is 0 Å². The number of ether oxygens (including phenoxy) is 1. The fourth-order valence-electron chi connectivity index (χ4n) is 3.00. The first-order chi connectivity index (χ1) is 13.1. The Morgan fingerprint density at radius 2 is 1.70 bits per heavy atom. The molecule has 2 aromatic rings. The van der Waals surface area contributed by atoms with Crippen LogP contribution in [-0.2, 0) is 4.79 Å². The Bertz CT molecular complexity index is 790. The summed E-state index contributed by atoms with van der Waals surface area (Å²) >= 11 is 0. The highest BCUT2D eigenvalue weighted by molar-refractivity contribution is 6.17. The average molecular weight is 361 g/mol. The summed E-state index contributed by atoms with van der Waals surface area (Å²) in [6.45, 7) is 4.16. The van der Waals surface area contributed by atoms with Gasteiger partial charge >= 0.3 is 5.97 Å². The zero-order chi connectivity index (χ0) is 19.5. The van der Waals surface area contributed by atoms with E-state index in [0.717, 1.165) is 31.2 Å². The lowest BCUT2D eigenvalue weighted by molar-refractivity contribution is -0.127. The van der Waals surface area contributed by atoms with Crippen molar-refractivity contribution in [1.29, 1.82) is 5.26 Å². The Labute approximate surface area is 162 Å². The Kier molecular flexibility index (Phi) is 7.82. The summed E-state index contributed by atoms with van der Waals surface area (Å²) in [7, 11) is 0.